The van der Waals surface area contributed by atoms with E-state index in [2.05, 4.69) is 6.58 Å². The molecule has 1 aliphatic carbocycles. The van der Waals surface area contributed by atoms with Crippen LogP contribution in [0.3, 0.4) is 0 Å². The fourth-order valence-corrected chi connectivity index (χ4v) is 3.73. The van der Waals surface area contributed by atoms with Crippen molar-refractivity contribution in [2.24, 2.45) is 0 Å². The van der Waals surface area contributed by atoms with Gasteiger partial charge < -0.3 is 14.6 Å². The van der Waals surface area contributed by atoms with Crippen molar-refractivity contribution < 1.29 is 24.2 Å². The van der Waals surface area contributed by atoms with Gasteiger partial charge in [0.15, 0.2) is 0 Å². The van der Waals surface area contributed by atoms with Gasteiger partial charge in [0.1, 0.15) is 11.1 Å². The molecule has 6 nitrogen and oxygen atoms in total. The summed E-state index contributed by atoms with van der Waals surface area (Å²) in [7, 11) is 0. The van der Waals surface area contributed by atoms with Gasteiger partial charge in [-0.1, -0.05) is 48.5 Å². The second-order valence-corrected chi connectivity index (χ2v) is 6.90. The summed E-state index contributed by atoms with van der Waals surface area (Å²) in [6.45, 7) is 3.88. The van der Waals surface area contributed by atoms with Crippen LogP contribution in [0.2, 0.25) is 0 Å². The van der Waals surface area contributed by atoms with Crippen molar-refractivity contribution >= 4 is 22.8 Å². The molecular formula is C22H19NO5. The summed E-state index contributed by atoms with van der Waals surface area (Å²) >= 11 is 0. The van der Waals surface area contributed by atoms with Crippen molar-refractivity contribution in [3.8, 4) is 5.95 Å². The van der Waals surface area contributed by atoms with Crippen LogP contribution < -0.4 is 0 Å². The molecule has 1 aliphatic rings. The lowest BCUT2D eigenvalue weighted by Crippen LogP contribution is -2.39. The number of hydrogen-bond donors (Lipinski definition) is 2. The normalized spacial score (nSPS) is 14.6. The van der Waals surface area contributed by atoms with Gasteiger partial charge in [0.05, 0.1) is 5.54 Å². The molecule has 1 saturated carbocycles. The van der Waals surface area contributed by atoms with E-state index in [4.69, 9.17) is 4.42 Å². The number of carbonyl (C=O) groups is 2. The third-order valence-electron chi connectivity index (χ3n) is 5.27. The van der Waals surface area contributed by atoms with Crippen molar-refractivity contribution in [1.29, 1.82) is 0 Å². The van der Waals surface area contributed by atoms with E-state index in [9.17, 15) is 19.8 Å². The Morgan fingerprint density at radius 1 is 1.14 bits per heavy atom. The minimum atomic E-state index is -0.993. The van der Waals surface area contributed by atoms with Gasteiger partial charge in [0.2, 0.25) is 5.78 Å². The number of nitrogens with zero attached hydrogens (tertiary/aromatic N) is 1. The Hall–Kier alpha value is -3.54. The van der Waals surface area contributed by atoms with Crippen molar-refractivity contribution in [3.05, 3.63) is 77.9 Å². The van der Waals surface area contributed by atoms with Crippen LogP contribution in [0, 0.1) is 0 Å². The second-order valence-electron chi connectivity index (χ2n) is 6.90. The van der Waals surface area contributed by atoms with Crippen LogP contribution in [0.4, 0.5) is 4.79 Å². The molecule has 0 aliphatic heterocycles. The molecule has 2 aromatic carbocycles. The first-order valence-corrected chi connectivity index (χ1v) is 8.95. The van der Waals surface area contributed by atoms with Gasteiger partial charge in [-0.25, -0.2) is 4.79 Å². The molecule has 1 amide bonds. The number of carboxylic acid groups (broad SMARTS) is 1. The van der Waals surface area contributed by atoms with Crippen LogP contribution in [0.25, 0.3) is 11.0 Å². The predicted molar refractivity (Wildman–Crippen MR) is 104 cm³/mol. The van der Waals surface area contributed by atoms with Gasteiger partial charge in [-0.2, -0.15) is 0 Å². The van der Waals surface area contributed by atoms with Gasteiger partial charge in [0.25, 0.3) is 5.95 Å². The van der Waals surface area contributed by atoms with Crippen LogP contribution in [-0.2, 0) is 5.54 Å². The molecule has 2 N–H and O–H groups in total. The van der Waals surface area contributed by atoms with Crippen LogP contribution in [0.5, 0.6) is 5.95 Å². The molecule has 0 radical (unpaired) electrons. The molecule has 142 valence electrons. The molecule has 4 rings (SSSR count). The summed E-state index contributed by atoms with van der Waals surface area (Å²) in [6.07, 6.45) is 2.03. The lowest BCUT2D eigenvalue weighted by atomic mass is 9.97. The van der Waals surface area contributed by atoms with E-state index in [1.54, 1.807) is 54.6 Å². The number of carbonyl (C=O) groups excluding carboxylic acids is 1. The number of ketones is 1. The minimum Gasteiger partial charge on any atom is -0.480 e. The highest BCUT2D eigenvalue weighted by atomic mass is 16.5. The lowest BCUT2D eigenvalue weighted by molar-refractivity contribution is 0.103. The van der Waals surface area contributed by atoms with E-state index in [0.717, 1.165) is 18.4 Å². The van der Waals surface area contributed by atoms with Gasteiger partial charge in [-0.15, -0.1) is 6.58 Å². The first-order chi connectivity index (χ1) is 13.5. The fraction of sp³-hybridized carbons (Fsp3) is 0.182. The Labute approximate surface area is 161 Å². The second kappa shape index (κ2) is 6.56. The lowest BCUT2D eigenvalue weighted by Gasteiger charge is -2.29. The third kappa shape index (κ3) is 2.74. The van der Waals surface area contributed by atoms with Crippen molar-refractivity contribution in [2.45, 2.75) is 18.4 Å². The maximum Gasteiger partial charge on any atom is 0.408 e. The van der Waals surface area contributed by atoms with Crippen LogP contribution in [0.15, 0.2) is 65.6 Å². The Bertz CT molecular complexity index is 1080. The minimum absolute atomic E-state index is 0.128. The zero-order chi connectivity index (χ0) is 19.9. The van der Waals surface area contributed by atoms with Gasteiger partial charge >= 0.3 is 6.09 Å². The van der Waals surface area contributed by atoms with E-state index in [-0.39, 0.29) is 17.9 Å². The molecule has 3 aromatic rings. The summed E-state index contributed by atoms with van der Waals surface area (Å²) in [5, 5.41) is 20.2. The Morgan fingerprint density at radius 3 is 2.43 bits per heavy atom. The zero-order valence-corrected chi connectivity index (χ0v) is 15.1. The summed E-state index contributed by atoms with van der Waals surface area (Å²) in [4.78, 5) is 25.9. The summed E-state index contributed by atoms with van der Waals surface area (Å²) in [5.41, 5.74) is 1.25. The standard InChI is InChI=1S/C22H19NO5/c1-2-13-23(21(26)27)22(11-12-22)15-9-7-14(8-10-15)19(24)18-16-5-3-4-6-17(16)28-20(18)25/h2-10,25H,1,11-13H2,(H,26,27). The predicted octanol–water partition coefficient (Wildman–Crippen LogP) is 4.52. The molecule has 0 spiro atoms. The largest absolute Gasteiger partial charge is 0.480 e. The van der Waals surface area contributed by atoms with Crippen LogP contribution in [-0.4, -0.2) is 33.5 Å². The molecule has 28 heavy (non-hydrogen) atoms. The number of para-hydroxylation sites is 1. The molecule has 1 fully saturated rings. The van der Waals surface area contributed by atoms with E-state index in [1.165, 1.54) is 4.90 Å². The average molecular weight is 377 g/mol. The molecule has 0 unspecified atom stereocenters. The topological polar surface area (TPSA) is 91.0 Å². The van der Waals surface area contributed by atoms with Crippen molar-refractivity contribution in [1.82, 2.24) is 4.90 Å². The maximum absolute atomic E-state index is 12.9. The summed E-state index contributed by atoms with van der Waals surface area (Å²) in [5.74, 6) is -0.753. The fourth-order valence-electron chi connectivity index (χ4n) is 3.73. The highest BCUT2D eigenvalue weighted by Gasteiger charge is 2.51. The molecule has 6 heteroatoms. The number of amides is 1. The highest BCUT2D eigenvalue weighted by Crippen LogP contribution is 2.51. The quantitative estimate of drug-likeness (QED) is 0.487. The highest BCUT2D eigenvalue weighted by molar-refractivity contribution is 6.17. The molecule has 1 aromatic heterocycles. The molecular weight excluding hydrogens is 358 g/mol. The first-order valence-electron chi connectivity index (χ1n) is 8.95. The number of furan rings is 1. The number of aromatic hydroxyl groups is 1. The van der Waals surface area contributed by atoms with Crippen molar-refractivity contribution in [2.75, 3.05) is 6.54 Å². The zero-order valence-electron chi connectivity index (χ0n) is 15.1. The first kappa shape index (κ1) is 17.9. The SMILES string of the molecule is C=CCN(C(=O)O)C1(c2ccc(C(=O)c3c(O)oc4ccccc34)cc2)CC1. The number of hydrogen-bond acceptors (Lipinski definition) is 4. The molecule has 0 saturated heterocycles. The van der Waals surface area contributed by atoms with Crippen LogP contribution in [0.1, 0.15) is 34.3 Å². The van der Waals surface area contributed by atoms with Gasteiger partial charge in [0, 0.05) is 17.5 Å². The van der Waals surface area contributed by atoms with Crippen molar-refractivity contribution in [3.63, 3.8) is 0 Å². The number of benzene rings is 2. The average Bonchev–Trinajstić information content (AvgIpc) is 3.42. The Morgan fingerprint density at radius 2 is 1.82 bits per heavy atom. The monoisotopic (exact) mass is 377 g/mol. The number of fused-ring (bicyclic) bond motifs is 1. The summed E-state index contributed by atoms with van der Waals surface area (Å²) in [6, 6.07) is 13.8. The van der Waals surface area contributed by atoms with Gasteiger partial charge in [-0.3, -0.25) is 9.69 Å². The Balaban J connectivity index is 1.67. The smallest absolute Gasteiger partial charge is 0.408 e. The molecule has 0 bridgehead atoms. The van der Waals surface area contributed by atoms with Gasteiger partial charge in [-0.05, 0) is 24.5 Å². The van der Waals surface area contributed by atoms with E-state index in [0.29, 0.717) is 16.5 Å². The molecule has 1 heterocycles. The third-order valence-corrected chi connectivity index (χ3v) is 5.27. The van der Waals surface area contributed by atoms with E-state index in [1.807, 2.05) is 0 Å². The summed E-state index contributed by atoms with van der Waals surface area (Å²) < 4.78 is 5.27. The van der Waals surface area contributed by atoms with Crippen LogP contribution >= 0.6 is 0 Å². The van der Waals surface area contributed by atoms with E-state index >= 15 is 0 Å². The molecule has 0 atom stereocenters. The maximum atomic E-state index is 12.9. The van der Waals surface area contributed by atoms with E-state index < -0.39 is 17.6 Å². The number of rotatable bonds is 6. The Kier molecular flexibility index (Phi) is 4.19.